The SMILES string of the molecule is CCCCN1CCN(C(=O)C2CCN(Cc3cc4ccccc4n3C)CC2)CC1. The molecule has 0 bridgehead atoms. The van der Waals surface area contributed by atoms with Gasteiger partial charge in [-0.2, -0.15) is 0 Å². The molecule has 0 saturated carbocycles. The summed E-state index contributed by atoms with van der Waals surface area (Å²) in [5, 5.41) is 1.31. The minimum atomic E-state index is 0.223. The zero-order chi connectivity index (χ0) is 20.2. The van der Waals surface area contributed by atoms with Crippen LogP contribution in [0, 0.1) is 5.92 Å². The summed E-state index contributed by atoms with van der Waals surface area (Å²) in [5.41, 5.74) is 2.66. The summed E-state index contributed by atoms with van der Waals surface area (Å²) in [6.07, 6.45) is 4.51. The number of fused-ring (bicyclic) bond motifs is 1. The minimum Gasteiger partial charge on any atom is -0.346 e. The Morgan fingerprint density at radius 2 is 1.72 bits per heavy atom. The number of amides is 1. The van der Waals surface area contributed by atoms with Gasteiger partial charge in [0, 0.05) is 56.9 Å². The fourth-order valence-electron chi connectivity index (χ4n) is 4.90. The molecule has 158 valence electrons. The molecule has 0 radical (unpaired) electrons. The summed E-state index contributed by atoms with van der Waals surface area (Å²) >= 11 is 0. The maximum absolute atomic E-state index is 13.0. The van der Waals surface area contributed by atoms with Crippen LogP contribution in [0.3, 0.4) is 0 Å². The van der Waals surface area contributed by atoms with Crippen molar-refractivity contribution in [1.82, 2.24) is 19.3 Å². The molecule has 29 heavy (non-hydrogen) atoms. The second kappa shape index (κ2) is 9.31. The first-order valence-electron chi connectivity index (χ1n) is 11.4. The van der Waals surface area contributed by atoms with E-state index in [1.54, 1.807) is 0 Å². The third-order valence-corrected chi connectivity index (χ3v) is 6.89. The van der Waals surface area contributed by atoms with Crippen LogP contribution >= 0.6 is 0 Å². The van der Waals surface area contributed by atoms with Crippen LogP contribution in [0.15, 0.2) is 30.3 Å². The van der Waals surface area contributed by atoms with Crippen molar-refractivity contribution in [2.75, 3.05) is 45.8 Å². The van der Waals surface area contributed by atoms with Gasteiger partial charge >= 0.3 is 0 Å². The Balaban J connectivity index is 1.26. The van der Waals surface area contributed by atoms with E-state index in [9.17, 15) is 4.79 Å². The van der Waals surface area contributed by atoms with E-state index in [1.807, 2.05) is 0 Å². The highest BCUT2D eigenvalue weighted by atomic mass is 16.2. The van der Waals surface area contributed by atoms with E-state index in [0.717, 1.165) is 58.7 Å². The number of rotatable bonds is 6. The van der Waals surface area contributed by atoms with E-state index in [-0.39, 0.29) is 5.92 Å². The summed E-state index contributed by atoms with van der Waals surface area (Å²) in [4.78, 5) is 20.2. The third-order valence-electron chi connectivity index (χ3n) is 6.89. The molecule has 1 aromatic carbocycles. The van der Waals surface area contributed by atoms with Crippen LogP contribution in [0.1, 0.15) is 38.3 Å². The molecule has 2 saturated heterocycles. The molecule has 2 aromatic rings. The Morgan fingerprint density at radius 1 is 1.00 bits per heavy atom. The fraction of sp³-hybridized carbons (Fsp3) is 0.625. The van der Waals surface area contributed by atoms with Gasteiger partial charge in [-0.15, -0.1) is 0 Å². The molecule has 5 nitrogen and oxygen atoms in total. The van der Waals surface area contributed by atoms with Crippen LogP contribution in [0.5, 0.6) is 0 Å². The van der Waals surface area contributed by atoms with Gasteiger partial charge in [-0.3, -0.25) is 14.6 Å². The smallest absolute Gasteiger partial charge is 0.225 e. The number of aromatic nitrogens is 1. The standard InChI is InChI=1S/C24H36N4O/c1-3-4-11-26-14-16-28(17-15-26)24(29)20-9-12-27(13-10-20)19-22-18-21-7-5-6-8-23(21)25(22)2/h5-8,18,20H,3-4,9-17,19H2,1-2H3. The van der Waals surface area contributed by atoms with Gasteiger partial charge in [0.25, 0.3) is 0 Å². The van der Waals surface area contributed by atoms with Crippen molar-refractivity contribution < 1.29 is 4.79 Å². The van der Waals surface area contributed by atoms with Crippen LogP contribution < -0.4 is 0 Å². The number of nitrogens with zero attached hydrogens (tertiary/aromatic N) is 4. The maximum atomic E-state index is 13.0. The molecule has 0 aliphatic carbocycles. The van der Waals surface area contributed by atoms with Crippen molar-refractivity contribution in [3.8, 4) is 0 Å². The number of likely N-dealkylation sites (tertiary alicyclic amines) is 1. The number of carbonyl (C=O) groups is 1. The van der Waals surface area contributed by atoms with Crippen molar-refractivity contribution in [3.05, 3.63) is 36.0 Å². The highest BCUT2D eigenvalue weighted by Crippen LogP contribution is 2.24. The number of unbranched alkanes of at least 4 members (excludes halogenated alkanes) is 1. The number of carbonyl (C=O) groups excluding carboxylic acids is 1. The van der Waals surface area contributed by atoms with Crippen LogP contribution in [0.2, 0.25) is 0 Å². The number of aryl methyl sites for hydroxylation is 1. The van der Waals surface area contributed by atoms with E-state index in [4.69, 9.17) is 0 Å². The van der Waals surface area contributed by atoms with Crippen molar-refractivity contribution >= 4 is 16.8 Å². The summed E-state index contributed by atoms with van der Waals surface area (Å²) in [6, 6.07) is 10.9. The highest BCUT2D eigenvalue weighted by molar-refractivity contribution is 5.81. The molecule has 4 rings (SSSR count). The van der Waals surface area contributed by atoms with E-state index in [2.05, 4.69) is 63.6 Å². The molecule has 3 heterocycles. The molecule has 0 spiro atoms. The van der Waals surface area contributed by atoms with Gasteiger partial charge in [0.1, 0.15) is 0 Å². The van der Waals surface area contributed by atoms with Crippen molar-refractivity contribution in [2.24, 2.45) is 13.0 Å². The van der Waals surface area contributed by atoms with Crippen molar-refractivity contribution in [3.63, 3.8) is 0 Å². The predicted molar refractivity (Wildman–Crippen MR) is 119 cm³/mol. The number of benzene rings is 1. The molecule has 1 aromatic heterocycles. The van der Waals surface area contributed by atoms with E-state index < -0.39 is 0 Å². The first-order valence-corrected chi connectivity index (χ1v) is 11.4. The Labute approximate surface area is 175 Å². The zero-order valence-corrected chi connectivity index (χ0v) is 18.1. The largest absolute Gasteiger partial charge is 0.346 e. The molecule has 0 unspecified atom stereocenters. The summed E-state index contributed by atoms with van der Waals surface area (Å²) in [7, 11) is 2.16. The first kappa shape index (κ1) is 20.4. The van der Waals surface area contributed by atoms with Gasteiger partial charge in [-0.05, 0) is 56.4 Å². The van der Waals surface area contributed by atoms with Crippen LogP contribution in [0.25, 0.3) is 10.9 Å². The van der Waals surface area contributed by atoms with E-state index >= 15 is 0 Å². The summed E-state index contributed by atoms with van der Waals surface area (Å²) in [5.74, 6) is 0.630. The average Bonchev–Trinajstić information content (AvgIpc) is 3.08. The Bertz CT molecular complexity index is 813. The molecular weight excluding hydrogens is 360 g/mol. The highest BCUT2D eigenvalue weighted by Gasteiger charge is 2.30. The molecule has 2 fully saturated rings. The second-order valence-corrected chi connectivity index (χ2v) is 8.82. The molecule has 0 N–H and O–H groups in total. The van der Waals surface area contributed by atoms with Gasteiger partial charge in [0.2, 0.25) is 5.91 Å². The maximum Gasteiger partial charge on any atom is 0.225 e. The Kier molecular flexibility index (Phi) is 6.56. The summed E-state index contributed by atoms with van der Waals surface area (Å²) < 4.78 is 2.31. The van der Waals surface area contributed by atoms with Gasteiger partial charge in [0.15, 0.2) is 0 Å². The number of piperazine rings is 1. The lowest BCUT2D eigenvalue weighted by atomic mass is 9.95. The van der Waals surface area contributed by atoms with Crippen LogP contribution in [-0.2, 0) is 18.4 Å². The quantitative estimate of drug-likeness (QED) is 0.751. The van der Waals surface area contributed by atoms with Gasteiger partial charge in [-0.1, -0.05) is 31.5 Å². The van der Waals surface area contributed by atoms with Crippen molar-refractivity contribution in [2.45, 2.75) is 39.2 Å². The Morgan fingerprint density at radius 3 is 2.41 bits per heavy atom. The van der Waals surface area contributed by atoms with E-state index in [1.165, 1.54) is 36.0 Å². The van der Waals surface area contributed by atoms with E-state index in [0.29, 0.717) is 5.91 Å². The fourth-order valence-corrected chi connectivity index (χ4v) is 4.90. The molecule has 2 aliphatic heterocycles. The minimum absolute atomic E-state index is 0.223. The lowest BCUT2D eigenvalue weighted by Crippen LogP contribution is -2.51. The van der Waals surface area contributed by atoms with Crippen molar-refractivity contribution in [1.29, 1.82) is 0 Å². The van der Waals surface area contributed by atoms with Gasteiger partial charge in [0.05, 0.1) is 0 Å². The lowest BCUT2D eigenvalue weighted by molar-refractivity contribution is -0.138. The molecule has 2 aliphatic rings. The number of hydrogen-bond acceptors (Lipinski definition) is 3. The number of piperidine rings is 1. The average molecular weight is 397 g/mol. The molecular formula is C24H36N4O. The zero-order valence-electron chi connectivity index (χ0n) is 18.1. The van der Waals surface area contributed by atoms with Crippen LogP contribution in [-0.4, -0.2) is 71.0 Å². The monoisotopic (exact) mass is 396 g/mol. The lowest BCUT2D eigenvalue weighted by Gasteiger charge is -2.38. The normalized spacial score (nSPS) is 19.9. The topological polar surface area (TPSA) is 31.7 Å². The van der Waals surface area contributed by atoms with Gasteiger partial charge in [-0.25, -0.2) is 0 Å². The molecule has 0 atom stereocenters. The third kappa shape index (κ3) is 4.67. The summed E-state index contributed by atoms with van der Waals surface area (Å²) in [6.45, 7) is 10.4. The molecule has 1 amide bonds. The molecule has 5 heteroatoms. The Hall–Kier alpha value is -1.85. The van der Waals surface area contributed by atoms with Crippen LogP contribution in [0.4, 0.5) is 0 Å². The number of para-hydroxylation sites is 1. The van der Waals surface area contributed by atoms with Gasteiger partial charge < -0.3 is 9.47 Å². The predicted octanol–water partition coefficient (Wildman–Crippen LogP) is 3.33. The second-order valence-electron chi connectivity index (χ2n) is 8.82. The first-order chi connectivity index (χ1) is 14.2. The number of hydrogen-bond donors (Lipinski definition) is 0.